The highest BCUT2D eigenvalue weighted by molar-refractivity contribution is 5.90. The van der Waals surface area contributed by atoms with Crippen LogP contribution in [0.3, 0.4) is 0 Å². The van der Waals surface area contributed by atoms with E-state index in [1.165, 1.54) is 24.3 Å². The lowest BCUT2D eigenvalue weighted by Crippen LogP contribution is -2.08. The molecular formula is C19H16O7. The molecule has 7 nitrogen and oxygen atoms in total. The molecular weight excluding hydrogens is 340 g/mol. The fourth-order valence-electron chi connectivity index (χ4n) is 2.63. The first kappa shape index (κ1) is 17.4. The van der Waals surface area contributed by atoms with Crippen molar-refractivity contribution < 1.29 is 29.9 Å². The van der Waals surface area contributed by atoms with E-state index in [4.69, 9.17) is 4.42 Å². The highest BCUT2D eigenvalue weighted by Gasteiger charge is 2.20. The van der Waals surface area contributed by atoms with Gasteiger partial charge in [-0.05, 0) is 30.7 Å². The Bertz CT molecular complexity index is 1090. The predicted octanol–water partition coefficient (Wildman–Crippen LogP) is 2.68. The molecule has 5 N–H and O–H groups in total. The van der Waals surface area contributed by atoms with E-state index in [0.717, 1.165) is 12.1 Å². The number of phenolic OH excluding ortho intramolecular Hbond substituents is 4. The van der Waals surface area contributed by atoms with Crippen LogP contribution in [0.4, 0.5) is 0 Å². The molecule has 0 fully saturated rings. The monoisotopic (exact) mass is 356 g/mol. The van der Waals surface area contributed by atoms with Crippen LogP contribution in [0.5, 0.6) is 23.0 Å². The van der Waals surface area contributed by atoms with Gasteiger partial charge in [0.25, 0.3) is 0 Å². The smallest absolute Gasteiger partial charge is 0.204 e. The Morgan fingerprint density at radius 2 is 1.73 bits per heavy atom. The Balaban J connectivity index is 2.47. The number of aromatic hydroxyl groups is 4. The maximum absolute atomic E-state index is 12.9. The Labute approximate surface area is 147 Å². The quantitative estimate of drug-likeness (QED) is 0.487. The third-order valence-corrected chi connectivity index (χ3v) is 3.86. The zero-order chi connectivity index (χ0) is 19.0. The highest BCUT2D eigenvalue weighted by atomic mass is 16.3. The molecule has 0 radical (unpaired) electrons. The molecule has 0 aliphatic rings. The Morgan fingerprint density at radius 3 is 2.38 bits per heavy atom. The molecule has 3 rings (SSSR count). The molecule has 26 heavy (non-hydrogen) atoms. The van der Waals surface area contributed by atoms with Crippen molar-refractivity contribution in [3.63, 3.8) is 0 Å². The van der Waals surface area contributed by atoms with Crippen LogP contribution in [0.2, 0.25) is 0 Å². The van der Waals surface area contributed by atoms with Gasteiger partial charge in [0, 0.05) is 18.2 Å². The third-order valence-electron chi connectivity index (χ3n) is 3.86. The number of hydrogen-bond acceptors (Lipinski definition) is 7. The van der Waals surface area contributed by atoms with Crippen molar-refractivity contribution in [1.82, 2.24) is 0 Å². The maximum atomic E-state index is 12.9. The summed E-state index contributed by atoms with van der Waals surface area (Å²) >= 11 is 0. The number of fused-ring (bicyclic) bond motifs is 1. The van der Waals surface area contributed by atoms with Crippen molar-refractivity contribution in [2.45, 2.75) is 6.92 Å². The number of phenols is 4. The molecule has 1 aromatic heterocycles. The van der Waals surface area contributed by atoms with Gasteiger partial charge in [-0.2, -0.15) is 0 Å². The highest BCUT2D eigenvalue weighted by Crippen LogP contribution is 2.37. The summed E-state index contributed by atoms with van der Waals surface area (Å²) in [6.45, 7) is 1.29. The summed E-state index contributed by atoms with van der Waals surface area (Å²) in [4.78, 5) is 12.9. The average Bonchev–Trinajstić information content (AvgIpc) is 2.56. The van der Waals surface area contributed by atoms with E-state index in [1.807, 2.05) is 0 Å². The summed E-state index contributed by atoms with van der Waals surface area (Å²) in [5.41, 5.74) is -0.0881. The van der Waals surface area contributed by atoms with E-state index < -0.39 is 11.2 Å². The third kappa shape index (κ3) is 2.96. The maximum Gasteiger partial charge on any atom is 0.204 e. The minimum absolute atomic E-state index is 0.00558. The van der Waals surface area contributed by atoms with E-state index in [0.29, 0.717) is 5.57 Å². The lowest BCUT2D eigenvalue weighted by molar-refractivity contribution is 0.332. The molecule has 134 valence electrons. The van der Waals surface area contributed by atoms with Crippen molar-refractivity contribution in [3.8, 4) is 34.3 Å². The summed E-state index contributed by atoms with van der Waals surface area (Å²) in [7, 11) is 0. The van der Waals surface area contributed by atoms with Crippen LogP contribution in [0, 0.1) is 0 Å². The van der Waals surface area contributed by atoms with Crippen LogP contribution in [0.25, 0.3) is 28.4 Å². The second-order valence-electron chi connectivity index (χ2n) is 5.86. The van der Waals surface area contributed by atoms with Crippen LogP contribution in [-0.2, 0) is 0 Å². The Hall–Kier alpha value is -3.45. The molecule has 0 aliphatic carbocycles. The summed E-state index contributed by atoms with van der Waals surface area (Å²) in [6.07, 6.45) is 1.39. The molecule has 2 aromatic carbocycles. The molecule has 0 saturated heterocycles. The van der Waals surface area contributed by atoms with Crippen molar-refractivity contribution in [2.24, 2.45) is 0 Å². The fraction of sp³-hybridized carbons (Fsp3) is 0.105. The van der Waals surface area contributed by atoms with E-state index in [9.17, 15) is 30.3 Å². The standard InChI is InChI=1S/C19H16O7/c1-9(8-20)4-13-18(25)17-15(24)6-11(22)7-16(17)26-19(13)12-3-2-10(21)5-14(12)23/h2-7,20-24H,8H2,1H3/b9-4+. The summed E-state index contributed by atoms with van der Waals surface area (Å²) in [6, 6.07) is 5.95. The lowest BCUT2D eigenvalue weighted by atomic mass is 10.0. The van der Waals surface area contributed by atoms with Crippen LogP contribution in [0.15, 0.2) is 45.1 Å². The second-order valence-corrected chi connectivity index (χ2v) is 5.86. The largest absolute Gasteiger partial charge is 0.508 e. The van der Waals surface area contributed by atoms with Gasteiger partial charge in [-0.25, -0.2) is 0 Å². The Kier molecular flexibility index (Phi) is 4.31. The number of aliphatic hydroxyl groups is 1. The summed E-state index contributed by atoms with van der Waals surface area (Å²) < 4.78 is 5.70. The predicted molar refractivity (Wildman–Crippen MR) is 95.3 cm³/mol. The minimum atomic E-state index is -0.598. The van der Waals surface area contributed by atoms with Crippen molar-refractivity contribution in [2.75, 3.05) is 6.61 Å². The topological polar surface area (TPSA) is 131 Å². The normalized spacial score (nSPS) is 11.8. The Morgan fingerprint density at radius 1 is 1.04 bits per heavy atom. The number of aliphatic hydroxyl groups excluding tert-OH is 1. The molecule has 0 spiro atoms. The average molecular weight is 356 g/mol. The SMILES string of the molecule is C/C(=C\c1c(-c2ccc(O)cc2O)oc2cc(O)cc(O)c2c1=O)CO. The van der Waals surface area contributed by atoms with E-state index >= 15 is 0 Å². The second kappa shape index (κ2) is 6.45. The van der Waals surface area contributed by atoms with Gasteiger partial charge in [-0.15, -0.1) is 0 Å². The van der Waals surface area contributed by atoms with E-state index in [2.05, 4.69) is 0 Å². The summed E-state index contributed by atoms with van der Waals surface area (Å²) in [5, 5.41) is 48.4. The van der Waals surface area contributed by atoms with Crippen LogP contribution in [0.1, 0.15) is 12.5 Å². The van der Waals surface area contributed by atoms with Gasteiger partial charge in [-0.3, -0.25) is 4.79 Å². The first-order chi connectivity index (χ1) is 12.3. The van der Waals surface area contributed by atoms with Crippen molar-refractivity contribution in [1.29, 1.82) is 0 Å². The van der Waals surface area contributed by atoms with E-state index in [-0.39, 0.29) is 51.7 Å². The van der Waals surface area contributed by atoms with Gasteiger partial charge in [0.1, 0.15) is 39.7 Å². The van der Waals surface area contributed by atoms with Crippen molar-refractivity contribution in [3.05, 3.63) is 51.7 Å². The van der Waals surface area contributed by atoms with Crippen LogP contribution in [-0.4, -0.2) is 32.1 Å². The molecule has 0 atom stereocenters. The molecule has 0 unspecified atom stereocenters. The van der Waals surface area contributed by atoms with E-state index in [1.54, 1.807) is 6.92 Å². The van der Waals surface area contributed by atoms with Gasteiger partial charge in [-0.1, -0.05) is 0 Å². The molecule has 0 bridgehead atoms. The molecule has 7 heteroatoms. The number of benzene rings is 2. The molecule has 0 aliphatic heterocycles. The molecule has 0 saturated carbocycles. The van der Waals surface area contributed by atoms with Gasteiger partial charge >= 0.3 is 0 Å². The number of rotatable bonds is 3. The molecule has 3 aromatic rings. The van der Waals surface area contributed by atoms with Gasteiger partial charge < -0.3 is 29.9 Å². The first-order valence-electron chi connectivity index (χ1n) is 7.65. The van der Waals surface area contributed by atoms with Gasteiger partial charge in [0.15, 0.2) is 0 Å². The zero-order valence-corrected chi connectivity index (χ0v) is 13.7. The summed E-state index contributed by atoms with van der Waals surface area (Å²) in [5.74, 6) is -1.28. The molecule has 1 heterocycles. The first-order valence-corrected chi connectivity index (χ1v) is 7.65. The van der Waals surface area contributed by atoms with Gasteiger partial charge in [0.05, 0.1) is 17.7 Å². The van der Waals surface area contributed by atoms with Gasteiger partial charge in [0.2, 0.25) is 5.43 Å². The van der Waals surface area contributed by atoms with Crippen LogP contribution >= 0.6 is 0 Å². The molecule has 0 amide bonds. The zero-order valence-electron chi connectivity index (χ0n) is 13.7. The lowest BCUT2D eigenvalue weighted by Gasteiger charge is -2.11. The minimum Gasteiger partial charge on any atom is -0.508 e. The van der Waals surface area contributed by atoms with Crippen molar-refractivity contribution >= 4 is 17.0 Å². The van der Waals surface area contributed by atoms with Crippen LogP contribution < -0.4 is 5.43 Å². The number of hydrogen-bond donors (Lipinski definition) is 5. The fourth-order valence-corrected chi connectivity index (χ4v) is 2.63.